The Labute approximate surface area is 246 Å². The highest BCUT2D eigenvalue weighted by molar-refractivity contribution is 7.15. The van der Waals surface area contributed by atoms with Crippen LogP contribution in [0.25, 0.3) is 11.0 Å². The summed E-state index contributed by atoms with van der Waals surface area (Å²) in [6.07, 6.45) is 1.53. The molecule has 8 nitrogen and oxygen atoms in total. The molecule has 1 spiro atoms. The van der Waals surface area contributed by atoms with Gasteiger partial charge in [0.1, 0.15) is 10.6 Å². The van der Waals surface area contributed by atoms with E-state index in [0.717, 1.165) is 33.7 Å². The molecule has 0 saturated heterocycles. The fraction of sp³-hybridized carbons (Fsp3) is 0.242. The molecule has 3 aromatic carbocycles. The summed E-state index contributed by atoms with van der Waals surface area (Å²) in [5, 5.41) is 10.0. The number of para-hydroxylation sites is 1. The average molecular weight is 577 g/mol. The number of aryl methyl sites for hydroxylation is 4. The van der Waals surface area contributed by atoms with Gasteiger partial charge in [0.15, 0.2) is 11.0 Å². The van der Waals surface area contributed by atoms with Crippen molar-refractivity contribution in [2.75, 3.05) is 9.80 Å². The number of rotatable bonds is 5. The van der Waals surface area contributed by atoms with Crippen molar-refractivity contribution >= 4 is 44.9 Å². The van der Waals surface area contributed by atoms with Crippen LogP contribution in [0.4, 0.5) is 10.8 Å². The maximum Gasteiger partial charge on any atom is 0.297 e. The third kappa shape index (κ3) is 3.49. The molecule has 0 fully saturated rings. The van der Waals surface area contributed by atoms with Crippen molar-refractivity contribution in [1.29, 1.82) is 0 Å². The summed E-state index contributed by atoms with van der Waals surface area (Å²) in [4.78, 5) is 47.0. The first-order chi connectivity index (χ1) is 20.3. The minimum Gasteiger partial charge on any atom is -0.450 e. The molecule has 7 rings (SSSR count). The highest BCUT2D eigenvalue weighted by atomic mass is 32.1. The van der Waals surface area contributed by atoms with Gasteiger partial charge >= 0.3 is 0 Å². The standard InChI is InChI=1S/C33H28N4O4S/c1-5-10-26-34-35-32(42-26)37-30(39)29-27(28(38)22-15-19(3)20(4)16-25(22)41-29)33(37)23-13-8-9-14-24(23)36(31(33)40)17-21-12-7-6-11-18(21)2/h6-9,11-16H,5,10,17H2,1-4H3. The van der Waals surface area contributed by atoms with Crippen LogP contribution in [0.5, 0.6) is 0 Å². The first-order valence-corrected chi connectivity index (χ1v) is 14.8. The predicted octanol–water partition coefficient (Wildman–Crippen LogP) is 5.97. The molecular formula is C33H28N4O4S. The summed E-state index contributed by atoms with van der Waals surface area (Å²) >= 11 is 1.26. The summed E-state index contributed by atoms with van der Waals surface area (Å²) in [6.45, 7) is 8.16. The number of amides is 2. The van der Waals surface area contributed by atoms with Crippen LogP contribution < -0.4 is 15.2 Å². The van der Waals surface area contributed by atoms with E-state index in [9.17, 15) is 9.59 Å². The largest absolute Gasteiger partial charge is 0.450 e. The maximum atomic E-state index is 15.0. The van der Waals surface area contributed by atoms with E-state index in [1.54, 1.807) is 17.0 Å². The van der Waals surface area contributed by atoms with Crippen LogP contribution >= 0.6 is 11.3 Å². The van der Waals surface area contributed by atoms with E-state index in [0.29, 0.717) is 28.6 Å². The van der Waals surface area contributed by atoms with E-state index in [1.165, 1.54) is 16.2 Å². The zero-order valence-corrected chi connectivity index (χ0v) is 24.5. The average Bonchev–Trinajstić information content (AvgIpc) is 3.60. The zero-order valence-electron chi connectivity index (χ0n) is 23.7. The fourth-order valence-electron chi connectivity index (χ4n) is 6.18. The summed E-state index contributed by atoms with van der Waals surface area (Å²) < 4.78 is 6.26. The van der Waals surface area contributed by atoms with Crippen molar-refractivity contribution in [3.05, 3.63) is 115 Å². The van der Waals surface area contributed by atoms with Gasteiger partial charge in [0, 0.05) is 12.0 Å². The molecule has 42 heavy (non-hydrogen) atoms. The fourth-order valence-corrected chi connectivity index (χ4v) is 7.17. The normalized spacial score (nSPS) is 17.5. The second kappa shape index (κ2) is 9.46. The number of aromatic nitrogens is 2. The molecule has 2 aliphatic rings. The van der Waals surface area contributed by atoms with Gasteiger partial charge in [-0.2, -0.15) is 0 Å². The lowest BCUT2D eigenvalue weighted by atomic mass is 9.84. The van der Waals surface area contributed by atoms with Gasteiger partial charge in [-0.1, -0.05) is 60.7 Å². The van der Waals surface area contributed by atoms with Crippen molar-refractivity contribution in [1.82, 2.24) is 10.2 Å². The number of nitrogens with zero attached hydrogens (tertiary/aromatic N) is 4. The van der Waals surface area contributed by atoms with Crippen LogP contribution in [0.1, 0.15) is 62.3 Å². The summed E-state index contributed by atoms with van der Waals surface area (Å²) in [5.41, 5.74) is 3.17. The van der Waals surface area contributed by atoms with Gasteiger partial charge < -0.3 is 9.32 Å². The molecule has 0 bridgehead atoms. The SMILES string of the molecule is CCCc1nnc(N2C(=O)c3oc4cc(C)c(C)cc4c(=O)c3C23C(=O)N(Cc2ccccc2C)c2ccccc23)s1. The number of anilines is 2. The van der Waals surface area contributed by atoms with Crippen LogP contribution in [-0.4, -0.2) is 22.0 Å². The quantitative estimate of drug-likeness (QED) is 0.256. The van der Waals surface area contributed by atoms with Crippen LogP contribution in [-0.2, 0) is 23.3 Å². The Kier molecular flexibility index (Phi) is 5.92. The monoisotopic (exact) mass is 576 g/mol. The van der Waals surface area contributed by atoms with Crippen LogP contribution in [0.15, 0.2) is 69.9 Å². The number of fused-ring (bicyclic) bond motifs is 5. The Morgan fingerprint density at radius 3 is 2.43 bits per heavy atom. The van der Waals surface area contributed by atoms with Gasteiger partial charge in [-0.25, -0.2) is 0 Å². The predicted molar refractivity (Wildman–Crippen MR) is 162 cm³/mol. The van der Waals surface area contributed by atoms with E-state index >= 15 is 4.79 Å². The lowest BCUT2D eigenvalue weighted by Crippen LogP contribution is -2.53. The van der Waals surface area contributed by atoms with Gasteiger partial charge in [-0.3, -0.25) is 19.3 Å². The van der Waals surface area contributed by atoms with Gasteiger partial charge in [0.2, 0.25) is 10.9 Å². The Balaban J connectivity index is 1.55. The van der Waals surface area contributed by atoms with Crippen molar-refractivity contribution in [3.63, 3.8) is 0 Å². The second-order valence-electron chi connectivity index (χ2n) is 11.0. The van der Waals surface area contributed by atoms with Gasteiger partial charge in [0.25, 0.3) is 11.8 Å². The third-order valence-corrected chi connectivity index (χ3v) is 9.41. The van der Waals surface area contributed by atoms with Crippen molar-refractivity contribution < 1.29 is 14.0 Å². The zero-order chi connectivity index (χ0) is 29.3. The Morgan fingerprint density at radius 2 is 1.64 bits per heavy atom. The summed E-state index contributed by atoms with van der Waals surface area (Å²) in [7, 11) is 0. The maximum absolute atomic E-state index is 15.0. The van der Waals surface area contributed by atoms with E-state index < -0.39 is 22.8 Å². The van der Waals surface area contributed by atoms with Crippen LogP contribution in [0.3, 0.4) is 0 Å². The van der Waals surface area contributed by atoms with Crippen molar-refractivity contribution in [3.8, 4) is 0 Å². The molecule has 4 heterocycles. The van der Waals surface area contributed by atoms with Crippen molar-refractivity contribution in [2.24, 2.45) is 0 Å². The first-order valence-electron chi connectivity index (χ1n) is 14.0. The summed E-state index contributed by atoms with van der Waals surface area (Å²) in [6, 6.07) is 18.8. The van der Waals surface area contributed by atoms with Gasteiger partial charge in [0.05, 0.1) is 23.2 Å². The van der Waals surface area contributed by atoms with E-state index in [2.05, 4.69) is 10.2 Å². The number of carbonyl (C=O) groups is 2. The summed E-state index contributed by atoms with van der Waals surface area (Å²) in [5.74, 6) is -1.12. The Bertz CT molecular complexity index is 2010. The number of hydrogen-bond acceptors (Lipinski definition) is 7. The molecule has 0 radical (unpaired) electrons. The minimum atomic E-state index is -1.79. The smallest absolute Gasteiger partial charge is 0.297 e. The van der Waals surface area contributed by atoms with Crippen LogP contribution in [0, 0.1) is 20.8 Å². The Morgan fingerprint density at radius 1 is 0.905 bits per heavy atom. The van der Waals surface area contributed by atoms with E-state index in [-0.39, 0.29) is 23.0 Å². The van der Waals surface area contributed by atoms with E-state index in [4.69, 9.17) is 4.42 Å². The van der Waals surface area contributed by atoms with Gasteiger partial charge in [-0.05, 0) is 67.6 Å². The molecule has 5 aromatic rings. The molecule has 2 aromatic heterocycles. The lowest BCUT2D eigenvalue weighted by molar-refractivity contribution is -0.121. The molecule has 210 valence electrons. The van der Waals surface area contributed by atoms with Crippen LogP contribution in [0.2, 0.25) is 0 Å². The minimum absolute atomic E-state index is 0.0280. The Hall–Kier alpha value is -4.63. The molecule has 0 N–H and O–H groups in total. The molecular weight excluding hydrogens is 548 g/mol. The number of hydrogen-bond donors (Lipinski definition) is 0. The molecule has 9 heteroatoms. The third-order valence-electron chi connectivity index (χ3n) is 8.44. The molecule has 1 unspecified atom stereocenters. The first kappa shape index (κ1) is 26.3. The van der Waals surface area contributed by atoms with E-state index in [1.807, 2.05) is 76.2 Å². The molecule has 0 aliphatic carbocycles. The highest BCUT2D eigenvalue weighted by Gasteiger charge is 2.66. The highest BCUT2D eigenvalue weighted by Crippen LogP contribution is 2.54. The lowest BCUT2D eigenvalue weighted by Gasteiger charge is -2.32. The second-order valence-corrected chi connectivity index (χ2v) is 12.0. The topological polar surface area (TPSA) is 96.6 Å². The number of carbonyl (C=O) groups excluding carboxylic acids is 2. The molecule has 1 atom stereocenters. The molecule has 0 saturated carbocycles. The number of benzene rings is 3. The molecule has 2 aliphatic heterocycles. The molecule has 2 amide bonds. The van der Waals surface area contributed by atoms with Crippen molar-refractivity contribution in [2.45, 2.75) is 52.6 Å². The van der Waals surface area contributed by atoms with Gasteiger partial charge in [-0.15, -0.1) is 10.2 Å².